The van der Waals surface area contributed by atoms with E-state index in [1.807, 2.05) is 66.7 Å². The molecule has 0 radical (unpaired) electrons. The molecule has 1 heterocycles. The molecule has 0 aliphatic rings. The van der Waals surface area contributed by atoms with Crippen molar-refractivity contribution in [1.29, 1.82) is 0 Å². The van der Waals surface area contributed by atoms with Crippen molar-refractivity contribution in [2.45, 2.75) is 13.3 Å². The Morgan fingerprint density at radius 3 is 2.28 bits per heavy atom. The molecule has 3 N–H and O–H groups in total. The summed E-state index contributed by atoms with van der Waals surface area (Å²) in [6.45, 7) is 1.80. The Bertz CT molecular complexity index is 1210. The summed E-state index contributed by atoms with van der Waals surface area (Å²) in [5.41, 5.74) is 8.09. The van der Waals surface area contributed by atoms with Crippen LogP contribution in [0.4, 0.5) is 11.5 Å². The number of carbonyl (C=O) groups is 1. The number of nitrogens with zero attached hydrogens (tertiary/aromatic N) is 2. The minimum Gasteiger partial charge on any atom is -0.457 e. The molecule has 7 nitrogen and oxygen atoms in total. The number of rotatable bonds is 7. The molecule has 0 unspecified atom stereocenters. The van der Waals surface area contributed by atoms with Crippen LogP contribution in [0.2, 0.25) is 0 Å². The average Bonchev–Trinajstić information content (AvgIpc) is 2.81. The van der Waals surface area contributed by atoms with Crippen molar-refractivity contribution < 1.29 is 14.3 Å². The van der Waals surface area contributed by atoms with Crippen molar-refractivity contribution in [1.82, 2.24) is 9.97 Å². The number of hydrogen-bond acceptors (Lipinski definition) is 6. The summed E-state index contributed by atoms with van der Waals surface area (Å²) in [5, 5.41) is 2.84. The molecule has 1 amide bonds. The molecule has 0 aliphatic heterocycles. The van der Waals surface area contributed by atoms with Gasteiger partial charge in [-0.3, -0.25) is 4.79 Å². The number of benzene rings is 3. The van der Waals surface area contributed by atoms with Crippen LogP contribution in [0, 0.1) is 0 Å². The number of para-hydroxylation sites is 1. The van der Waals surface area contributed by atoms with Gasteiger partial charge in [0.05, 0.1) is 5.56 Å². The van der Waals surface area contributed by atoms with E-state index < -0.39 is 0 Å². The van der Waals surface area contributed by atoms with Crippen LogP contribution < -0.4 is 20.5 Å². The third-order valence-electron chi connectivity index (χ3n) is 4.62. The van der Waals surface area contributed by atoms with Crippen LogP contribution >= 0.6 is 0 Å². The van der Waals surface area contributed by atoms with Gasteiger partial charge in [0.15, 0.2) is 0 Å². The molecule has 0 saturated heterocycles. The summed E-state index contributed by atoms with van der Waals surface area (Å²) in [5.74, 6) is 2.52. The molecule has 7 heteroatoms. The second kappa shape index (κ2) is 9.61. The maximum Gasteiger partial charge on any atom is 0.232 e. The highest BCUT2D eigenvalue weighted by atomic mass is 16.5. The Labute approximate surface area is 185 Å². The fourth-order valence-corrected chi connectivity index (χ4v) is 3.04. The van der Waals surface area contributed by atoms with Crippen molar-refractivity contribution in [3.63, 3.8) is 0 Å². The van der Waals surface area contributed by atoms with Gasteiger partial charge >= 0.3 is 0 Å². The van der Waals surface area contributed by atoms with Gasteiger partial charge in [-0.05, 0) is 54.1 Å². The molecule has 3 aromatic carbocycles. The van der Waals surface area contributed by atoms with Crippen LogP contribution in [0.3, 0.4) is 0 Å². The van der Waals surface area contributed by atoms with E-state index in [0.717, 1.165) is 11.3 Å². The zero-order chi connectivity index (χ0) is 22.3. The fraction of sp³-hybridized carbons (Fsp3) is 0.0800. The van der Waals surface area contributed by atoms with E-state index >= 15 is 0 Å². The first-order chi connectivity index (χ1) is 15.6. The highest BCUT2D eigenvalue weighted by molar-refractivity contribution is 5.92. The monoisotopic (exact) mass is 426 g/mol. The van der Waals surface area contributed by atoms with E-state index in [9.17, 15) is 4.79 Å². The summed E-state index contributed by atoms with van der Waals surface area (Å²) in [7, 11) is 0. The highest BCUT2D eigenvalue weighted by Gasteiger charge is 2.15. The first kappa shape index (κ1) is 20.9. The molecule has 0 spiro atoms. The average molecular weight is 426 g/mol. The Morgan fingerprint density at radius 2 is 1.56 bits per heavy atom. The smallest absolute Gasteiger partial charge is 0.232 e. The van der Waals surface area contributed by atoms with Crippen molar-refractivity contribution in [3.05, 3.63) is 85.2 Å². The van der Waals surface area contributed by atoms with Crippen molar-refractivity contribution >= 4 is 17.4 Å². The minimum absolute atomic E-state index is 0.0753. The van der Waals surface area contributed by atoms with Crippen molar-refractivity contribution in [3.8, 4) is 34.3 Å². The summed E-state index contributed by atoms with van der Waals surface area (Å²) in [6, 6.07) is 24.0. The van der Waals surface area contributed by atoms with E-state index in [-0.39, 0.29) is 11.7 Å². The highest BCUT2D eigenvalue weighted by Crippen LogP contribution is 2.36. The van der Waals surface area contributed by atoms with E-state index in [0.29, 0.717) is 35.1 Å². The number of aromatic nitrogens is 2. The number of carbonyl (C=O) groups excluding carboxylic acids is 1. The lowest BCUT2D eigenvalue weighted by Gasteiger charge is -2.13. The number of anilines is 2. The van der Waals surface area contributed by atoms with E-state index in [1.165, 1.54) is 6.33 Å². The Hall–Kier alpha value is -4.39. The SMILES string of the molecule is CCC(=O)Nc1cccc(-c2c(N)ncnc2Oc2ccc(Oc3ccccc3)cc2)c1. The molecule has 0 atom stereocenters. The van der Waals surface area contributed by atoms with Crippen LogP contribution in [-0.2, 0) is 4.79 Å². The lowest BCUT2D eigenvalue weighted by atomic mass is 10.1. The number of nitrogens with two attached hydrogens (primary N) is 1. The summed E-state index contributed by atoms with van der Waals surface area (Å²) in [4.78, 5) is 20.1. The second-order valence-electron chi connectivity index (χ2n) is 6.91. The van der Waals surface area contributed by atoms with Crippen LogP contribution in [0.5, 0.6) is 23.1 Å². The molecule has 0 bridgehead atoms. The van der Waals surface area contributed by atoms with Gasteiger partial charge in [-0.1, -0.05) is 37.3 Å². The predicted octanol–water partition coefficient (Wildman–Crippen LogP) is 5.66. The van der Waals surface area contributed by atoms with Gasteiger partial charge in [0, 0.05) is 12.1 Å². The second-order valence-corrected chi connectivity index (χ2v) is 6.91. The van der Waals surface area contributed by atoms with Crippen LogP contribution in [0.25, 0.3) is 11.1 Å². The molecule has 0 fully saturated rings. The van der Waals surface area contributed by atoms with Crippen LogP contribution in [-0.4, -0.2) is 15.9 Å². The molecule has 4 aromatic rings. The van der Waals surface area contributed by atoms with Crippen molar-refractivity contribution in [2.75, 3.05) is 11.1 Å². The number of nitrogen functional groups attached to an aromatic ring is 1. The van der Waals surface area contributed by atoms with E-state index in [4.69, 9.17) is 15.2 Å². The van der Waals surface area contributed by atoms with E-state index in [2.05, 4.69) is 15.3 Å². The first-order valence-corrected chi connectivity index (χ1v) is 10.1. The third-order valence-corrected chi connectivity index (χ3v) is 4.62. The largest absolute Gasteiger partial charge is 0.457 e. The lowest BCUT2D eigenvalue weighted by molar-refractivity contribution is -0.115. The van der Waals surface area contributed by atoms with Gasteiger partial charge in [0.2, 0.25) is 11.8 Å². The quantitative estimate of drug-likeness (QED) is 0.396. The fourth-order valence-electron chi connectivity index (χ4n) is 3.04. The van der Waals surface area contributed by atoms with Gasteiger partial charge in [-0.2, -0.15) is 0 Å². The molecule has 32 heavy (non-hydrogen) atoms. The van der Waals surface area contributed by atoms with Gasteiger partial charge in [-0.15, -0.1) is 0 Å². The minimum atomic E-state index is -0.0753. The van der Waals surface area contributed by atoms with Crippen LogP contribution in [0.15, 0.2) is 85.2 Å². The van der Waals surface area contributed by atoms with E-state index in [1.54, 1.807) is 19.1 Å². The van der Waals surface area contributed by atoms with Gasteiger partial charge in [0.25, 0.3) is 0 Å². The normalized spacial score (nSPS) is 10.4. The zero-order valence-electron chi connectivity index (χ0n) is 17.5. The molecule has 0 aliphatic carbocycles. The van der Waals surface area contributed by atoms with Crippen molar-refractivity contribution in [2.24, 2.45) is 0 Å². The first-order valence-electron chi connectivity index (χ1n) is 10.1. The maximum atomic E-state index is 11.8. The zero-order valence-corrected chi connectivity index (χ0v) is 17.5. The van der Waals surface area contributed by atoms with Gasteiger partial charge < -0.3 is 20.5 Å². The maximum absolute atomic E-state index is 11.8. The molecular weight excluding hydrogens is 404 g/mol. The molecule has 1 aromatic heterocycles. The molecule has 0 saturated carbocycles. The van der Waals surface area contributed by atoms with Gasteiger partial charge in [-0.25, -0.2) is 9.97 Å². The summed E-state index contributed by atoms with van der Waals surface area (Å²) in [6.07, 6.45) is 1.74. The topological polar surface area (TPSA) is 99.4 Å². The summed E-state index contributed by atoms with van der Waals surface area (Å²) >= 11 is 0. The lowest BCUT2D eigenvalue weighted by Crippen LogP contribution is -2.09. The predicted molar refractivity (Wildman–Crippen MR) is 124 cm³/mol. The Balaban J connectivity index is 1.57. The standard InChI is InChI=1S/C25H22N4O3/c1-2-22(30)29-18-8-6-7-17(15-18)23-24(26)27-16-28-25(23)32-21-13-11-20(12-14-21)31-19-9-4-3-5-10-19/h3-16H,2H2,1H3,(H,29,30)(H2,26,27,28). The van der Waals surface area contributed by atoms with Crippen LogP contribution in [0.1, 0.15) is 13.3 Å². The van der Waals surface area contributed by atoms with Gasteiger partial charge in [0.1, 0.15) is 29.4 Å². The number of nitrogens with one attached hydrogen (secondary N) is 1. The number of amides is 1. The molecule has 4 rings (SSSR count). The molecule has 160 valence electrons. The number of ether oxygens (including phenoxy) is 2. The third kappa shape index (κ3) is 5.02. The Morgan fingerprint density at radius 1 is 0.875 bits per heavy atom. The number of hydrogen-bond donors (Lipinski definition) is 2. The Kier molecular flexibility index (Phi) is 6.27. The molecular formula is C25H22N4O3. The summed E-state index contributed by atoms with van der Waals surface area (Å²) < 4.78 is 11.8.